The number of rotatable bonds is 3. The summed E-state index contributed by atoms with van der Waals surface area (Å²) in [5, 5.41) is 11.5. The molecule has 0 aliphatic rings. The van der Waals surface area contributed by atoms with Crippen LogP contribution in [0.4, 0.5) is 13.2 Å². The minimum Gasteiger partial charge on any atom is -0.332 e. The SMILES string of the molecule is Cc1c(-c2nc(-c3cc(F)ccc3F)no2)nnn1-c1ccccc1F. The minimum atomic E-state index is -0.689. The maximum absolute atomic E-state index is 14.0. The highest BCUT2D eigenvalue weighted by molar-refractivity contribution is 5.59. The lowest BCUT2D eigenvalue weighted by molar-refractivity contribution is 0.430. The molecular weight excluding hydrogens is 347 g/mol. The Morgan fingerprint density at radius 2 is 1.81 bits per heavy atom. The summed E-state index contributed by atoms with van der Waals surface area (Å²) < 4.78 is 47.5. The standard InChI is InChI=1S/C17H10F3N5O/c1-9-15(22-24-25(9)14-5-3-2-4-13(14)20)17-21-16(23-26-17)11-8-10(18)6-7-12(11)19/h2-8H,1H3. The topological polar surface area (TPSA) is 69.6 Å². The second-order valence-corrected chi connectivity index (χ2v) is 5.43. The fourth-order valence-electron chi connectivity index (χ4n) is 2.48. The number of hydrogen-bond donors (Lipinski definition) is 0. The van der Waals surface area contributed by atoms with E-state index in [1.165, 1.54) is 10.7 Å². The van der Waals surface area contributed by atoms with Crippen molar-refractivity contribution >= 4 is 0 Å². The molecule has 130 valence electrons. The van der Waals surface area contributed by atoms with E-state index in [0.717, 1.165) is 18.2 Å². The Balaban J connectivity index is 1.75. The molecule has 0 atom stereocenters. The van der Waals surface area contributed by atoms with E-state index >= 15 is 0 Å². The third-order valence-electron chi connectivity index (χ3n) is 3.77. The van der Waals surface area contributed by atoms with Crippen molar-refractivity contribution in [3.05, 3.63) is 65.6 Å². The molecule has 0 amide bonds. The smallest absolute Gasteiger partial charge is 0.280 e. The summed E-state index contributed by atoms with van der Waals surface area (Å²) in [6.07, 6.45) is 0. The van der Waals surface area contributed by atoms with Crippen molar-refractivity contribution in [3.8, 4) is 28.7 Å². The van der Waals surface area contributed by atoms with Crippen molar-refractivity contribution < 1.29 is 17.7 Å². The molecule has 0 bridgehead atoms. The highest BCUT2D eigenvalue weighted by atomic mass is 19.1. The van der Waals surface area contributed by atoms with Crippen LogP contribution in [0.2, 0.25) is 0 Å². The molecular formula is C17H10F3N5O. The first kappa shape index (κ1) is 16.0. The Kier molecular flexibility index (Phi) is 3.76. The summed E-state index contributed by atoms with van der Waals surface area (Å²) in [5.41, 5.74) is 0.729. The number of hydrogen-bond acceptors (Lipinski definition) is 5. The van der Waals surface area contributed by atoms with E-state index in [0.29, 0.717) is 5.69 Å². The molecule has 0 radical (unpaired) electrons. The van der Waals surface area contributed by atoms with Gasteiger partial charge in [0.2, 0.25) is 5.82 Å². The number of benzene rings is 2. The molecule has 0 saturated heterocycles. The lowest BCUT2D eigenvalue weighted by atomic mass is 10.2. The van der Waals surface area contributed by atoms with Gasteiger partial charge in [0.05, 0.1) is 11.3 Å². The first-order valence-corrected chi connectivity index (χ1v) is 7.51. The highest BCUT2D eigenvalue weighted by Gasteiger charge is 2.21. The molecule has 0 unspecified atom stereocenters. The van der Waals surface area contributed by atoms with Gasteiger partial charge in [0.1, 0.15) is 23.1 Å². The Bertz CT molecular complexity index is 1110. The van der Waals surface area contributed by atoms with Gasteiger partial charge in [-0.1, -0.05) is 22.5 Å². The summed E-state index contributed by atoms with van der Waals surface area (Å²) in [7, 11) is 0. The van der Waals surface area contributed by atoms with Crippen LogP contribution in [-0.4, -0.2) is 25.1 Å². The molecule has 0 N–H and O–H groups in total. The van der Waals surface area contributed by atoms with Crippen molar-refractivity contribution in [1.82, 2.24) is 25.1 Å². The van der Waals surface area contributed by atoms with Crippen molar-refractivity contribution in [2.24, 2.45) is 0 Å². The van der Waals surface area contributed by atoms with Crippen LogP contribution in [-0.2, 0) is 0 Å². The molecule has 0 fully saturated rings. The second-order valence-electron chi connectivity index (χ2n) is 5.43. The molecule has 0 aliphatic heterocycles. The van der Waals surface area contributed by atoms with Crippen LogP contribution in [0, 0.1) is 24.4 Å². The number of halogens is 3. The lowest BCUT2D eigenvalue weighted by Gasteiger charge is -2.03. The molecule has 2 aromatic heterocycles. The Morgan fingerprint density at radius 3 is 2.62 bits per heavy atom. The van der Waals surface area contributed by atoms with Crippen LogP contribution in [0.15, 0.2) is 47.0 Å². The van der Waals surface area contributed by atoms with Crippen LogP contribution in [0.5, 0.6) is 0 Å². The average Bonchev–Trinajstić information content (AvgIpc) is 3.24. The van der Waals surface area contributed by atoms with E-state index in [2.05, 4.69) is 20.5 Å². The summed E-state index contributed by atoms with van der Waals surface area (Å²) >= 11 is 0. The third kappa shape index (κ3) is 2.63. The molecule has 0 aliphatic carbocycles. The van der Waals surface area contributed by atoms with Crippen molar-refractivity contribution in [2.75, 3.05) is 0 Å². The summed E-state index contributed by atoms with van der Waals surface area (Å²) in [6, 6.07) is 8.99. The van der Waals surface area contributed by atoms with Crippen molar-refractivity contribution in [1.29, 1.82) is 0 Å². The van der Waals surface area contributed by atoms with Gasteiger partial charge >= 0.3 is 0 Å². The number of aromatic nitrogens is 5. The third-order valence-corrected chi connectivity index (χ3v) is 3.77. The van der Waals surface area contributed by atoms with Gasteiger partial charge in [0.15, 0.2) is 5.69 Å². The monoisotopic (exact) mass is 357 g/mol. The van der Waals surface area contributed by atoms with Crippen LogP contribution in [0.1, 0.15) is 5.69 Å². The van der Waals surface area contributed by atoms with Crippen molar-refractivity contribution in [2.45, 2.75) is 6.92 Å². The van der Waals surface area contributed by atoms with Crippen LogP contribution < -0.4 is 0 Å². The van der Waals surface area contributed by atoms with E-state index in [4.69, 9.17) is 4.52 Å². The van der Waals surface area contributed by atoms with Gasteiger partial charge in [0, 0.05) is 0 Å². The molecule has 4 aromatic rings. The highest BCUT2D eigenvalue weighted by Crippen LogP contribution is 2.26. The normalized spacial score (nSPS) is 11.1. The summed E-state index contributed by atoms with van der Waals surface area (Å²) in [6.45, 7) is 1.65. The van der Waals surface area contributed by atoms with Crippen LogP contribution in [0.25, 0.3) is 28.7 Å². The number of para-hydroxylation sites is 1. The lowest BCUT2D eigenvalue weighted by Crippen LogP contribution is -2.01. The molecule has 0 spiro atoms. The van der Waals surface area contributed by atoms with Crippen LogP contribution in [0.3, 0.4) is 0 Å². The Hall–Kier alpha value is -3.49. The first-order chi connectivity index (χ1) is 12.5. The van der Waals surface area contributed by atoms with E-state index < -0.39 is 17.5 Å². The minimum absolute atomic E-state index is 0.0382. The molecule has 0 saturated carbocycles. The van der Waals surface area contributed by atoms with Gasteiger partial charge in [-0.3, -0.25) is 0 Å². The molecule has 2 aromatic carbocycles. The van der Waals surface area contributed by atoms with Crippen molar-refractivity contribution in [3.63, 3.8) is 0 Å². The second kappa shape index (κ2) is 6.10. The van der Waals surface area contributed by atoms with Gasteiger partial charge in [-0.2, -0.15) is 4.98 Å². The van der Waals surface area contributed by atoms with E-state index in [1.54, 1.807) is 25.1 Å². The van der Waals surface area contributed by atoms with Gasteiger partial charge < -0.3 is 4.52 Å². The van der Waals surface area contributed by atoms with Crippen LogP contribution >= 0.6 is 0 Å². The molecule has 4 rings (SSSR count). The quantitative estimate of drug-likeness (QED) is 0.559. The summed E-state index contributed by atoms with van der Waals surface area (Å²) in [4.78, 5) is 4.05. The predicted octanol–water partition coefficient (Wildman–Crippen LogP) is 3.71. The maximum atomic E-state index is 14.0. The van der Waals surface area contributed by atoms with E-state index in [1.807, 2.05) is 0 Å². The average molecular weight is 357 g/mol. The Labute approximate surface area is 144 Å². The zero-order valence-electron chi connectivity index (χ0n) is 13.3. The van der Waals surface area contributed by atoms with Gasteiger partial charge in [-0.05, 0) is 37.3 Å². The van der Waals surface area contributed by atoms with Gasteiger partial charge in [-0.25, -0.2) is 17.9 Å². The Morgan fingerprint density at radius 1 is 1.00 bits per heavy atom. The first-order valence-electron chi connectivity index (χ1n) is 7.51. The zero-order valence-corrected chi connectivity index (χ0v) is 13.3. The van der Waals surface area contributed by atoms with E-state index in [-0.39, 0.29) is 28.7 Å². The van der Waals surface area contributed by atoms with E-state index in [9.17, 15) is 13.2 Å². The molecule has 26 heavy (non-hydrogen) atoms. The maximum Gasteiger partial charge on any atom is 0.280 e. The largest absolute Gasteiger partial charge is 0.332 e. The molecule has 9 heteroatoms. The fourth-order valence-corrected chi connectivity index (χ4v) is 2.48. The zero-order chi connectivity index (χ0) is 18.3. The molecule has 6 nitrogen and oxygen atoms in total. The van der Waals surface area contributed by atoms with Gasteiger partial charge in [0.25, 0.3) is 5.89 Å². The molecule has 2 heterocycles. The number of nitrogens with zero attached hydrogens (tertiary/aromatic N) is 5. The fraction of sp³-hybridized carbons (Fsp3) is 0.0588. The predicted molar refractivity (Wildman–Crippen MR) is 84.7 cm³/mol. The summed E-state index contributed by atoms with van der Waals surface area (Å²) in [5.74, 6) is -1.96. The van der Waals surface area contributed by atoms with Gasteiger partial charge in [-0.15, -0.1) is 5.10 Å².